The van der Waals surface area contributed by atoms with Crippen LogP contribution in [0.1, 0.15) is 73.8 Å². The number of aromatic nitrogens is 3. The maximum Gasteiger partial charge on any atom is 0.410 e. The summed E-state index contributed by atoms with van der Waals surface area (Å²) in [4.78, 5) is 31.9. The van der Waals surface area contributed by atoms with Gasteiger partial charge in [-0.05, 0) is 77.1 Å². The van der Waals surface area contributed by atoms with Crippen molar-refractivity contribution in [1.82, 2.24) is 19.7 Å². The van der Waals surface area contributed by atoms with Crippen molar-refractivity contribution in [3.8, 4) is 11.8 Å². The van der Waals surface area contributed by atoms with Crippen molar-refractivity contribution in [2.24, 2.45) is 5.92 Å². The molecule has 2 aromatic heterocycles. The van der Waals surface area contributed by atoms with Gasteiger partial charge in [0.2, 0.25) is 0 Å². The maximum absolute atomic E-state index is 13.3. The average Bonchev–Trinajstić information content (AvgIpc) is 3.29. The number of likely N-dealkylation sites (tertiary alicyclic amines) is 1. The Bertz CT molecular complexity index is 1390. The number of rotatable bonds is 4. The van der Waals surface area contributed by atoms with Gasteiger partial charge >= 0.3 is 6.09 Å². The summed E-state index contributed by atoms with van der Waals surface area (Å²) >= 11 is 6.43. The summed E-state index contributed by atoms with van der Waals surface area (Å²) in [6, 6.07) is 11.5. The lowest BCUT2D eigenvalue weighted by molar-refractivity contribution is 0.0163. The van der Waals surface area contributed by atoms with E-state index in [2.05, 4.69) is 27.2 Å². The number of amides is 2. The number of ether oxygens (including phenoxy) is 1. The van der Waals surface area contributed by atoms with Crippen molar-refractivity contribution in [1.29, 1.82) is 0 Å². The van der Waals surface area contributed by atoms with Gasteiger partial charge in [-0.25, -0.2) is 9.78 Å². The summed E-state index contributed by atoms with van der Waals surface area (Å²) in [5.74, 6) is 6.49. The van der Waals surface area contributed by atoms with Crippen LogP contribution < -0.4 is 5.32 Å². The van der Waals surface area contributed by atoms with Crippen LogP contribution in [0.5, 0.6) is 0 Å². The minimum atomic E-state index is -0.529. The molecule has 0 aliphatic carbocycles. The smallest absolute Gasteiger partial charge is 0.410 e. The molecule has 1 aliphatic rings. The summed E-state index contributed by atoms with van der Waals surface area (Å²) in [5.41, 5.74) is 2.21. The Balaban J connectivity index is 1.42. The molecular formula is C30H34ClN5O3. The lowest BCUT2D eigenvalue weighted by Crippen LogP contribution is -2.43. The lowest BCUT2D eigenvalue weighted by atomic mass is 9.90. The molecule has 39 heavy (non-hydrogen) atoms. The van der Waals surface area contributed by atoms with Gasteiger partial charge in [-0.3, -0.25) is 9.48 Å². The summed E-state index contributed by atoms with van der Waals surface area (Å²) in [6.07, 6.45) is 4.37. The fourth-order valence-corrected chi connectivity index (χ4v) is 4.78. The first kappa shape index (κ1) is 28.2. The Labute approximate surface area is 234 Å². The molecule has 0 bridgehead atoms. The van der Waals surface area contributed by atoms with Crippen LogP contribution in [0.3, 0.4) is 0 Å². The minimum Gasteiger partial charge on any atom is -0.444 e. The number of nitrogens with zero attached hydrogens (tertiary/aromatic N) is 4. The predicted octanol–water partition coefficient (Wildman–Crippen LogP) is 6.10. The molecular weight excluding hydrogens is 514 g/mol. The third kappa shape index (κ3) is 7.18. The topological polar surface area (TPSA) is 89.4 Å². The normalized spacial score (nSPS) is 14.8. The second-order valence-electron chi connectivity index (χ2n) is 10.8. The van der Waals surface area contributed by atoms with Crippen LogP contribution >= 0.6 is 11.6 Å². The Morgan fingerprint density at radius 1 is 1.10 bits per heavy atom. The summed E-state index contributed by atoms with van der Waals surface area (Å²) in [5, 5.41) is 7.58. The quantitative estimate of drug-likeness (QED) is 0.399. The molecule has 0 spiro atoms. The molecule has 3 aromatic rings. The van der Waals surface area contributed by atoms with Crippen LogP contribution in [-0.4, -0.2) is 50.4 Å². The number of pyridine rings is 1. The molecule has 2 amide bonds. The highest BCUT2D eigenvalue weighted by Gasteiger charge is 2.32. The third-order valence-electron chi connectivity index (χ3n) is 6.66. The zero-order valence-electron chi connectivity index (χ0n) is 23.0. The number of carbonyl (C=O) groups excluding carboxylic acids is 2. The van der Waals surface area contributed by atoms with Crippen molar-refractivity contribution in [3.05, 3.63) is 76.2 Å². The van der Waals surface area contributed by atoms with Crippen LogP contribution in [0.4, 0.5) is 10.6 Å². The molecule has 1 N–H and O–H groups in total. The molecule has 1 atom stereocenters. The van der Waals surface area contributed by atoms with Crippen molar-refractivity contribution < 1.29 is 14.3 Å². The lowest BCUT2D eigenvalue weighted by Gasteiger charge is -2.36. The molecule has 1 aliphatic heterocycles. The number of carbonyl (C=O) groups is 2. The Morgan fingerprint density at radius 2 is 1.77 bits per heavy atom. The van der Waals surface area contributed by atoms with Gasteiger partial charge in [0.25, 0.3) is 5.91 Å². The highest BCUT2D eigenvalue weighted by Crippen LogP contribution is 2.31. The van der Waals surface area contributed by atoms with E-state index in [1.54, 1.807) is 15.8 Å². The second kappa shape index (κ2) is 11.9. The second-order valence-corrected chi connectivity index (χ2v) is 11.2. The minimum absolute atomic E-state index is 0.0938. The number of hydrogen-bond donors (Lipinski definition) is 1. The largest absolute Gasteiger partial charge is 0.444 e. The zero-order valence-corrected chi connectivity index (χ0v) is 23.7. The van der Waals surface area contributed by atoms with E-state index in [1.165, 1.54) is 6.20 Å². The molecule has 0 radical (unpaired) electrons. The number of benzene rings is 1. The van der Waals surface area contributed by atoms with E-state index >= 15 is 0 Å². The van der Waals surface area contributed by atoms with Crippen LogP contribution in [-0.2, 0) is 4.74 Å². The van der Waals surface area contributed by atoms with Gasteiger partial charge in [0, 0.05) is 30.4 Å². The Hall–Kier alpha value is -3.83. The molecule has 3 heterocycles. The molecule has 1 saturated heterocycles. The van der Waals surface area contributed by atoms with E-state index in [-0.39, 0.29) is 34.7 Å². The van der Waals surface area contributed by atoms with E-state index < -0.39 is 5.60 Å². The van der Waals surface area contributed by atoms with E-state index in [4.69, 9.17) is 16.3 Å². The van der Waals surface area contributed by atoms with Crippen molar-refractivity contribution in [2.75, 3.05) is 18.4 Å². The van der Waals surface area contributed by atoms with E-state index in [1.807, 2.05) is 71.0 Å². The van der Waals surface area contributed by atoms with E-state index in [0.29, 0.717) is 18.9 Å². The van der Waals surface area contributed by atoms with Crippen LogP contribution in [0.25, 0.3) is 0 Å². The highest BCUT2D eigenvalue weighted by molar-refractivity contribution is 6.34. The van der Waals surface area contributed by atoms with Crippen molar-refractivity contribution in [3.63, 3.8) is 0 Å². The van der Waals surface area contributed by atoms with Gasteiger partial charge in [-0.15, -0.1) is 0 Å². The Morgan fingerprint density at radius 3 is 2.41 bits per heavy atom. The summed E-state index contributed by atoms with van der Waals surface area (Å²) < 4.78 is 7.19. The molecule has 4 rings (SSSR count). The monoisotopic (exact) mass is 547 g/mol. The van der Waals surface area contributed by atoms with Gasteiger partial charge in [-0.2, -0.15) is 5.10 Å². The van der Waals surface area contributed by atoms with Crippen molar-refractivity contribution in [2.45, 2.75) is 59.1 Å². The first-order chi connectivity index (χ1) is 18.5. The molecule has 204 valence electrons. The molecule has 8 nitrogen and oxygen atoms in total. The zero-order chi connectivity index (χ0) is 28.2. The fraction of sp³-hybridized carbons (Fsp3) is 0.400. The van der Waals surface area contributed by atoms with Gasteiger partial charge in [0.05, 0.1) is 17.3 Å². The van der Waals surface area contributed by atoms with Gasteiger partial charge in [0.15, 0.2) is 0 Å². The maximum atomic E-state index is 13.3. The third-order valence-corrected chi connectivity index (χ3v) is 6.94. The van der Waals surface area contributed by atoms with Crippen molar-refractivity contribution >= 4 is 29.4 Å². The van der Waals surface area contributed by atoms with Crippen LogP contribution in [0, 0.1) is 24.7 Å². The van der Waals surface area contributed by atoms with Crippen LogP contribution in [0.2, 0.25) is 5.02 Å². The van der Waals surface area contributed by atoms with Gasteiger partial charge < -0.3 is 15.0 Å². The number of hydrogen-bond acceptors (Lipinski definition) is 5. The number of halogens is 1. The summed E-state index contributed by atoms with van der Waals surface area (Å²) in [7, 11) is 0. The molecule has 1 aromatic carbocycles. The summed E-state index contributed by atoms with van der Waals surface area (Å²) in [6.45, 7) is 10.7. The first-order valence-electron chi connectivity index (χ1n) is 13.1. The van der Waals surface area contributed by atoms with Crippen LogP contribution in [0.15, 0.2) is 48.8 Å². The number of aryl methyl sites for hydroxylation is 1. The number of piperidine rings is 1. The predicted molar refractivity (Wildman–Crippen MR) is 152 cm³/mol. The highest BCUT2D eigenvalue weighted by atomic mass is 35.5. The molecule has 9 heteroatoms. The van der Waals surface area contributed by atoms with Gasteiger partial charge in [0.1, 0.15) is 17.1 Å². The molecule has 0 saturated carbocycles. The standard InChI is InChI=1S/C30H34ClN5O3/c1-20-17-23(12-11-22-9-7-6-8-10-22)18-32-27(20)34-28(37)26-25(31)19-33-36(26)21(2)24-13-15-35(16-14-24)29(38)39-30(3,4)5/h6-10,17-19,21,24H,13-16H2,1-5H3,(H,32,34,37). The van der Waals surface area contributed by atoms with Gasteiger partial charge in [-0.1, -0.05) is 41.6 Å². The SMILES string of the molecule is Cc1cc(C#Cc2ccccc2)cnc1NC(=O)c1c(Cl)cnn1C(C)C1CCN(C(=O)OC(C)(C)C)CC1. The number of anilines is 1. The fourth-order valence-electron chi connectivity index (χ4n) is 4.56. The van der Waals surface area contributed by atoms with E-state index in [0.717, 1.165) is 29.5 Å². The Kier molecular flexibility index (Phi) is 8.61. The average molecular weight is 548 g/mol. The molecule has 1 unspecified atom stereocenters. The molecule has 1 fully saturated rings. The first-order valence-corrected chi connectivity index (χ1v) is 13.5. The van der Waals surface area contributed by atoms with E-state index in [9.17, 15) is 9.59 Å². The number of nitrogens with one attached hydrogen (secondary N) is 1.